The first-order valence-electron chi connectivity index (χ1n) is 11.9. The Morgan fingerprint density at radius 3 is 2.47 bits per heavy atom. The number of halogens is 1. The van der Waals surface area contributed by atoms with E-state index in [0.29, 0.717) is 17.4 Å². The fraction of sp³-hybridized carbons (Fsp3) is 0.640. The van der Waals surface area contributed by atoms with Crippen LogP contribution in [0.25, 0.3) is 11.4 Å². The highest BCUT2D eigenvalue weighted by atomic mass is 35.5. The molecule has 0 aliphatic heterocycles. The Labute approximate surface area is 199 Å². The fourth-order valence-electron chi connectivity index (χ4n) is 6.84. The number of benzene rings is 1. The summed E-state index contributed by atoms with van der Waals surface area (Å²) in [6.07, 6.45) is 8.21. The van der Waals surface area contributed by atoms with Crippen LogP contribution in [-0.4, -0.2) is 39.5 Å². The molecule has 0 N–H and O–H groups in total. The first-order valence-corrected chi connectivity index (χ1v) is 13.1. The molecule has 4 aliphatic rings. The summed E-state index contributed by atoms with van der Waals surface area (Å²) < 4.78 is 7.37. The Morgan fingerprint density at radius 1 is 1.19 bits per heavy atom. The monoisotopic (exact) mass is 473 g/mol. The molecule has 1 aromatic carbocycles. The van der Waals surface area contributed by atoms with Crippen LogP contribution in [0, 0.1) is 23.2 Å². The van der Waals surface area contributed by atoms with Crippen LogP contribution < -0.4 is 0 Å². The Hall–Kier alpha value is -1.37. The lowest BCUT2D eigenvalue weighted by atomic mass is 9.48. The van der Waals surface area contributed by atoms with Gasteiger partial charge in [-0.15, -0.1) is 10.2 Å². The van der Waals surface area contributed by atoms with E-state index in [9.17, 15) is 4.79 Å². The van der Waals surface area contributed by atoms with E-state index in [0.717, 1.165) is 66.5 Å². The first-order chi connectivity index (χ1) is 15.5. The van der Waals surface area contributed by atoms with Crippen LogP contribution in [-0.2, 0) is 16.1 Å². The van der Waals surface area contributed by atoms with Gasteiger partial charge in [-0.1, -0.05) is 35.5 Å². The van der Waals surface area contributed by atoms with Gasteiger partial charge in [-0.25, -0.2) is 0 Å². The molecule has 6 rings (SSSR count). The molecule has 4 bridgehead atoms. The van der Waals surface area contributed by atoms with Crippen molar-refractivity contribution in [1.82, 2.24) is 14.8 Å². The number of hydrogen-bond acceptors (Lipinski definition) is 5. The van der Waals surface area contributed by atoms with Crippen molar-refractivity contribution in [2.24, 2.45) is 23.2 Å². The summed E-state index contributed by atoms with van der Waals surface area (Å²) >= 11 is 8.03. The molecule has 4 fully saturated rings. The standard InChI is InChI=1S/C25H32ClN3O2S/c1-16(22(30)25-13-17-10-18(14-25)12-19(11-17)15-25)32-24-28-27-23(29(24)8-5-9-31-2)20-6-3-4-7-21(20)26/h3-4,6-7,16-19H,5,8-15H2,1-2H3. The van der Waals surface area contributed by atoms with Crippen molar-refractivity contribution in [3.63, 3.8) is 0 Å². The number of carbonyl (C=O) groups is 1. The minimum Gasteiger partial charge on any atom is -0.385 e. The van der Waals surface area contributed by atoms with Crippen LogP contribution in [0.2, 0.25) is 5.02 Å². The van der Waals surface area contributed by atoms with Gasteiger partial charge in [-0.3, -0.25) is 4.79 Å². The van der Waals surface area contributed by atoms with Gasteiger partial charge in [0.05, 0.1) is 10.3 Å². The van der Waals surface area contributed by atoms with E-state index in [4.69, 9.17) is 16.3 Å². The van der Waals surface area contributed by atoms with Gasteiger partial charge < -0.3 is 9.30 Å². The van der Waals surface area contributed by atoms with E-state index in [1.165, 1.54) is 19.3 Å². The number of carbonyl (C=O) groups excluding carboxylic acids is 1. The molecule has 32 heavy (non-hydrogen) atoms. The lowest BCUT2D eigenvalue weighted by Gasteiger charge is -2.56. The summed E-state index contributed by atoms with van der Waals surface area (Å²) in [7, 11) is 1.71. The second-order valence-electron chi connectivity index (χ2n) is 10.1. The van der Waals surface area contributed by atoms with E-state index in [2.05, 4.69) is 21.7 Å². The minimum absolute atomic E-state index is 0.0896. The van der Waals surface area contributed by atoms with Gasteiger partial charge in [0.1, 0.15) is 0 Å². The molecule has 1 heterocycles. The van der Waals surface area contributed by atoms with Gasteiger partial charge in [0.2, 0.25) is 0 Å². The summed E-state index contributed by atoms with van der Waals surface area (Å²) in [4.78, 5) is 13.8. The highest BCUT2D eigenvalue weighted by Crippen LogP contribution is 2.61. The number of hydrogen-bond donors (Lipinski definition) is 0. The summed E-state index contributed by atoms with van der Waals surface area (Å²) in [6.45, 7) is 3.45. The summed E-state index contributed by atoms with van der Waals surface area (Å²) in [5.41, 5.74) is 0.777. The molecule has 0 spiro atoms. The van der Waals surface area contributed by atoms with E-state index < -0.39 is 0 Å². The molecule has 4 saturated carbocycles. The Morgan fingerprint density at radius 2 is 1.84 bits per heavy atom. The van der Waals surface area contributed by atoms with Crippen LogP contribution in [0.4, 0.5) is 0 Å². The Balaban J connectivity index is 1.38. The molecular weight excluding hydrogens is 442 g/mol. The number of Topliss-reactive ketones (excluding diaryl/α,β-unsaturated/α-hetero) is 1. The van der Waals surface area contributed by atoms with Gasteiger partial charge in [0.15, 0.2) is 16.8 Å². The number of ether oxygens (including phenoxy) is 1. The highest BCUT2D eigenvalue weighted by molar-refractivity contribution is 8.00. The minimum atomic E-state index is -0.129. The van der Waals surface area contributed by atoms with Crippen molar-refractivity contribution in [1.29, 1.82) is 0 Å². The third kappa shape index (κ3) is 4.14. The summed E-state index contributed by atoms with van der Waals surface area (Å²) in [6, 6.07) is 7.72. The van der Waals surface area contributed by atoms with E-state index in [-0.39, 0.29) is 10.7 Å². The predicted octanol–water partition coefficient (Wildman–Crippen LogP) is 5.90. The summed E-state index contributed by atoms with van der Waals surface area (Å²) in [5, 5.41) is 10.3. The highest BCUT2D eigenvalue weighted by Gasteiger charge is 2.55. The lowest BCUT2D eigenvalue weighted by Crippen LogP contribution is -2.51. The van der Waals surface area contributed by atoms with Crippen LogP contribution in [0.3, 0.4) is 0 Å². The number of nitrogens with zero attached hydrogens (tertiary/aromatic N) is 3. The van der Waals surface area contributed by atoms with Crippen LogP contribution in [0.5, 0.6) is 0 Å². The largest absolute Gasteiger partial charge is 0.385 e. The number of methoxy groups -OCH3 is 1. The van der Waals surface area contributed by atoms with E-state index in [1.54, 1.807) is 18.9 Å². The van der Waals surface area contributed by atoms with Gasteiger partial charge in [-0.05, 0) is 81.8 Å². The maximum Gasteiger partial charge on any atom is 0.192 e. The van der Waals surface area contributed by atoms with Gasteiger partial charge in [0, 0.05) is 31.2 Å². The second-order valence-corrected chi connectivity index (χ2v) is 11.8. The predicted molar refractivity (Wildman–Crippen MR) is 128 cm³/mol. The van der Waals surface area contributed by atoms with Crippen LogP contribution >= 0.6 is 23.4 Å². The number of thioether (sulfide) groups is 1. The zero-order valence-corrected chi connectivity index (χ0v) is 20.5. The molecule has 7 heteroatoms. The Kier molecular flexibility index (Phi) is 6.38. The third-order valence-corrected chi connectivity index (χ3v) is 9.18. The average molecular weight is 474 g/mol. The molecule has 0 saturated heterocycles. The molecule has 1 aromatic heterocycles. The van der Waals surface area contributed by atoms with Crippen LogP contribution in [0.1, 0.15) is 51.9 Å². The van der Waals surface area contributed by atoms with E-state index >= 15 is 0 Å². The summed E-state index contributed by atoms with van der Waals surface area (Å²) in [5.74, 6) is 3.50. The molecule has 5 nitrogen and oxygen atoms in total. The fourth-order valence-corrected chi connectivity index (χ4v) is 8.13. The Bertz CT molecular complexity index is 956. The van der Waals surface area contributed by atoms with Gasteiger partial charge in [0.25, 0.3) is 0 Å². The molecule has 2 aromatic rings. The molecule has 0 radical (unpaired) electrons. The van der Waals surface area contributed by atoms with Crippen molar-refractivity contribution >= 4 is 29.1 Å². The van der Waals surface area contributed by atoms with Crippen molar-refractivity contribution in [2.45, 2.75) is 68.8 Å². The first kappa shape index (κ1) is 22.4. The SMILES string of the molecule is COCCCn1c(SC(C)C(=O)C23CC4CC(CC(C4)C2)C3)nnc1-c1ccccc1Cl. The maximum atomic E-state index is 13.8. The zero-order valence-electron chi connectivity index (χ0n) is 18.9. The molecule has 1 unspecified atom stereocenters. The van der Waals surface area contributed by atoms with Crippen LogP contribution in [0.15, 0.2) is 29.4 Å². The topological polar surface area (TPSA) is 57.0 Å². The molecular formula is C25H32ClN3O2S. The molecule has 1 atom stereocenters. The number of ketones is 1. The zero-order chi connectivity index (χ0) is 22.3. The normalized spacial score (nSPS) is 29.4. The molecule has 172 valence electrons. The van der Waals surface area contributed by atoms with Gasteiger partial charge >= 0.3 is 0 Å². The second kappa shape index (κ2) is 9.11. The third-order valence-electron chi connectivity index (χ3n) is 7.77. The lowest BCUT2D eigenvalue weighted by molar-refractivity contribution is -0.143. The smallest absolute Gasteiger partial charge is 0.192 e. The maximum absolute atomic E-state index is 13.8. The van der Waals surface area contributed by atoms with Crippen molar-refractivity contribution in [3.8, 4) is 11.4 Å². The van der Waals surface area contributed by atoms with Crippen molar-refractivity contribution in [3.05, 3.63) is 29.3 Å². The van der Waals surface area contributed by atoms with E-state index in [1.807, 2.05) is 24.3 Å². The quantitative estimate of drug-likeness (QED) is 0.335. The average Bonchev–Trinajstić information content (AvgIpc) is 3.15. The van der Waals surface area contributed by atoms with Crippen molar-refractivity contribution < 1.29 is 9.53 Å². The number of rotatable bonds is 9. The molecule has 0 amide bonds. The van der Waals surface area contributed by atoms with Crippen molar-refractivity contribution in [2.75, 3.05) is 13.7 Å². The molecule has 4 aliphatic carbocycles. The number of aromatic nitrogens is 3. The van der Waals surface area contributed by atoms with Gasteiger partial charge in [-0.2, -0.15) is 0 Å².